The Labute approximate surface area is 124 Å². The second-order valence-electron chi connectivity index (χ2n) is 5.28. The number of benzene rings is 1. The Morgan fingerprint density at radius 1 is 1.29 bits per heavy atom. The van der Waals surface area contributed by atoms with E-state index in [0.29, 0.717) is 12.4 Å². The molecule has 0 saturated carbocycles. The number of nitrogen functional groups attached to an aromatic ring is 1. The predicted octanol–water partition coefficient (Wildman–Crippen LogP) is 1.74. The Bertz CT molecular complexity index is 721. The fraction of sp³-hybridized carbons (Fsp3) is 0.357. The molecule has 0 amide bonds. The Morgan fingerprint density at radius 3 is 2.43 bits per heavy atom. The average molecular weight is 308 g/mol. The Balaban J connectivity index is 2.46. The van der Waals surface area contributed by atoms with Crippen molar-refractivity contribution in [1.82, 2.24) is 9.78 Å². The number of rotatable bonds is 5. The molecular weight excluding hydrogens is 288 g/mol. The molecule has 0 saturated heterocycles. The van der Waals surface area contributed by atoms with E-state index in [1.54, 1.807) is 0 Å². The van der Waals surface area contributed by atoms with Gasteiger partial charge in [0.2, 0.25) is 0 Å². The molecule has 0 aliphatic rings. The third kappa shape index (κ3) is 3.55. The van der Waals surface area contributed by atoms with Crippen molar-refractivity contribution in [3.8, 4) is 0 Å². The standard InChI is InChI=1S/C14H20N4O2S/c1-10(2)16-14-12(21(3,19)20)13(15)18(17-14)9-11-7-5-4-6-8-11/h4-8,10H,9,15H2,1-3H3,(H,16,17). The quantitative estimate of drug-likeness (QED) is 0.878. The number of anilines is 2. The van der Waals surface area contributed by atoms with E-state index >= 15 is 0 Å². The summed E-state index contributed by atoms with van der Waals surface area (Å²) in [6.07, 6.45) is 1.14. The van der Waals surface area contributed by atoms with Crippen LogP contribution in [-0.2, 0) is 16.4 Å². The van der Waals surface area contributed by atoms with Crippen molar-refractivity contribution in [1.29, 1.82) is 0 Å². The molecule has 0 atom stereocenters. The van der Waals surface area contributed by atoms with Crippen LogP contribution in [0.15, 0.2) is 35.2 Å². The average Bonchev–Trinajstić information content (AvgIpc) is 2.65. The molecule has 7 heteroatoms. The van der Waals surface area contributed by atoms with Gasteiger partial charge in [-0.15, -0.1) is 0 Å². The van der Waals surface area contributed by atoms with Gasteiger partial charge in [0.1, 0.15) is 5.82 Å². The molecule has 21 heavy (non-hydrogen) atoms. The van der Waals surface area contributed by atoms with Crippen LogP contribution < -0.4 is 11.1 Å². The maximum Gasteiger partial charge on any atom is 0.182 e. The van der Waals surface area contributed by atoms with Gasteiger partial charge in [0, 0.05) is 12.3 Å². The van der Waals surface area contributed by atoms with Gasteiger partial charge in [-0.05, 0) is 19.4 Å². The molecular formula is C14H20N4O2S. The van der Waals surface area contributed by atoms with E-state index in [1.165, 1.54) is 4.68 Å². The van der Waals surface area contributed by atoms with Crippen molar-refractivity contribution >= 4 is 21.5 Å². The molecule has 3 N–H and O–H groups in total. The third-order valence-corrected chi connectivity index (χ3v) is 4.06. The largest absolute Gasteiger partial charge is 0.383 e. The van der Waals surface area contributed by atoms with E-state index in [9.17, 15) is 8.42 Å². The summed E-state index contributed by atoms with van der Waals surface area (Å²) in [6.45, 7) is 4.26. The number of nitrogens with one attached hydrogen (secondary N) is 1. The van der Waals surface area contributed by atoms with Gasteiger partial charge in [-0.3, -0.25) is 0 Å². The van der Waals surface area contributed by atoms with Crippen LogP contribution in [0, 0.1) is 0 Å². The number of nitrogens with zero attached hydrogens (tertiary/aromatic N) is 2. The van der Waals surface area contributed by atoms with Crippen LogP contribution in [0.5, 0.6) is 0 Å². The number of sulfone groups is 1. The molecule has 114 valence electrons. The molecule has 0 unspecified atom stereocenters. The minimum atomic E-state index is -3.45. The molecule has 0 fully saturated rings. The van der Waals surface area contributed by atoms with Crippen LogP contribution in [0.4, 0.5) is 11.6 Å². The molecule has 6 nitrogen and oxygen atoms in total. The molecule has 2 aromatic rings. The lowest BCUT2D eigenvalue weighted by Gasteiger charge is -2.07. The predicted molar refractivity (Wildman–Crippen MR) is 84.1 cm³/mol. The van der Waals surface area contributed by atoms with Crippen molar-refractivity contribution in [2.45, 2.75) is 31.3 Å². The van der Waals surface area contributed by atoms with Crippen LogP contribution in [0.2, 0.25) is 0 Å². The molecule has 1 aromatic heterocycles. The highest BCUT2D eigenvalue weighted by Crippen LogP contribution is 2.28. The second-order valence-corrected chi connectivity index (χ2v) is 7.23. The van der Waals surface area contributed by atoms with Gasteiger partial charge >= 0.3 is 0 Å². The minimum Gasteiger partial charge on any atom is -0.383 e. The lowest BCUT2D eigenvalue weighted by atomic mass is 10.2. The monoisotopic (exact) mass is 308 g/mol. The van der Waals surface area contributed by atoms with E-state index in [-0.39, 0.29) is 16.8 Å². The van der Waals surface area contributed by atoms with Crippen molar-refractivity contribution in [3.63, 3.8) is 0 Å². The minimum absolute atomic E-state index is 0.0602. The number of hydrogen-bond donors (Lipinski definition) is 2. The first-order valence-electron chi connectivity index (χ1n) is 6.66. The summed E-state index contributed by atoms with van der Waals surface area (Å²) in [5.74, 6) is 0.463. The highest BCUT2D eigenvalue weighted by atomic mass is 32.2. The fourth-order valence-electron chi connectivity index (χ4n) is 2.07. The van der Waals surface area contributed by atoms with Gasteiger partial charge in [-0.1, -0.05) is 30.3 Å². The van der Waals surface area contributed by atoms with Crippen LogP contribution in [-0.4, -0.2) is 30.5 Å². The molecule has 2 rings (SSSR count). The van der Waals surface area contributed by atoms with E-state index in [2.05, 4.69) is 10.4 Å². The van der Waals surface area contributed by atoms with Crippen molar-refractivity contribution in [2.75, 3.05) is 17.3 Å². The summed E-state index contributed by atoms with van der Waals surface area (Å²) in [4.78, 5) is 0.0622. The van der Waals surface area contributed by atoms with Crippen LogP contribution in [0.25, 0.3) is 0 Å². The fourth-order valence-corrected chi connectivity index (χ4v) is 3.01. The van der Waals surface area contributed by atoms with Crippen LogP contribution in [0.3, 0.4) is 0 Å². The lowest BCUT2D eigenvalue weighted by Crippen LogP contribution is -2.13. The SMILES string of the molecule is CC(C)Nc1nn(Cc2ccccc2)c(N)c1S(C)(=O)=O. The van der Waals surface area contributed by atoms with Crippen molar-refractivity contribution in [3.05, 3.63) is 35.9 Å². The van der Waals surface area contributed by atoms with Crippen molar-refractivity contribution in [2.24, 2.45) is 0 Å². The summed E-state index contributed by atoms with van der Waals surface area (Å²) in [5, 5.41) is 7.35. The smallest absolute Gasteiger partial charge is 0.182 e. The van der Waals surface area contributed by atoms with Gasteiger partial charge in [0.15, 0.2) is 20.6 Å². The Hall–Kier alpha value is -2.02. The zero-order valence-corrected chi connectivity index (χ0v) is 13.2. The van der Waals surface area contributed by atoms with Crippen LogP contribution >= 0.6 is 0 Å². The number of hydrogen-bond acceptors (Lipinski definition) is 5. The summed E-state index contributed by atoms with van der Waals surface area (Å²) >= 11 is 0. The van der Waals surface area contributed by atoms with E-state index in [4.69, 9.17) is 5.73 Å². The summed E-state index contributed by atoms with van der Waals surface area (Å²) in [7, 11) is -3.45. The van der Waals surface area contributed by atoms with E-state index in [1.807, 2.05) is 44.2 Å². The normalized spacial score (nSPS) is 11.8. The molecule has 0 spiro atoms. The summed E-state index contributed by atoms with van der Waals surface area (Å²) in [6, 6.07) is 9.70. The highest BCUT2D eigenvalue weighted by Gasteiger charge is 2.24. The first-order valence-corrected chi connectivity index (χ1v) is 8.55. The summed E-state index contributed by atoms with van der Waals surface area (Å²) < 4.78 is 25.4. The number of nitrogens with two attached hydrogens (primary N) is 1. The topological polar surface area (TPSA) is 90.0 Å². The van der Waals surface area contributed by atoms with E-state index in [0.717, 1.165) is 11.8 Å². The third-order valence-electron chi connectivity index (χ3n) is 2.92. The summed E-state index contributed by atoms with van der Waals surface area (Å²) in [5.41, 5.74) is 7.00. The molecule has 0 aliphatic carbocycles. The van der Waals surface area contributed by atoms with Gasteiger partial charge in [0.05, 0.1) is 6.54 Å². The molecule has 1 heterocycles. The molecule has 1 aromatic carbocycles. The molecule has 0 radical (unpaired) electrons. The Morgan fingerprint density at radius 2 is 1.90 bits per heavy atom. The van der Waals surface area contributed by atoms with Crippen molar-refractivity contribution < 1.29 is 8.42 Å². The second kappa shape index (κ2) is 5.77. The number of aromatic nitrogens is 2. The van der Waals surface area contributed by atoms with Gasteiger partial charge < -0.3 is 11.1 Å². The molecule has 0 bridgehead atoms. The van der Waals surface area contributed by atoms with Gasteiger partial charge in [-0.2, -0.15) is 5.10 Å². The first kappa shape index (κ1) is 15.4. The first-order chi connectivity index (χ1) is 9.79. The van der Waals surface area contributed by atoms with Crippen LogP contribution in [0.1, 0.15) is 19.4 Å². The highest BCUT2D eigenvalue weighted by molar-refractivity contribution is 7.91. The zero-order chi connectivity index (χ0) is 15.6. The Kier molecular flexibility index (Phi) is 4.22. The zero-order valence-electron chi connectivity index (χ0n) is 12.4. The van der Waals surface area contributed by atoms with Gasteiger partial charge in [-0.25, -0.2) is 13.1 Å². The van der Waals surface area contributed by atoms with Gasteiger partial charge in [0.25, 0.3) is 0 Å². The van der Waals surface area contributed by atoms with E-state index < -0.39 is 9.84 Å². The lowest BCUT2D eigenvalue weighted by molar-refractivity contribution is 0.602. The maximum absolute atomic E-state index is 11.9. The maximum atomic E-state index is 11.9. The molecule has 0 aliphatic heterocycles.